The van der Waals surface area contributed by atoms with Gasteiger partial charge >= 0.3 is 24.2 Å². The lowest BCUT2D eigenvalue weighted by Crippen LogP contribution is -2.46. The number of halogens is 7. The van der Waals surface area contributed by atoms with Crippen molar-refractivity contribution in [3.63, 3.8) is 0 Å². The first-order valence-electron chi connectivity index (χ1n) is 18.3. The fraction of sp³-hybridized carbons (Fsp3) is 0.487. The van der Waals surface area contributed by atoms with Crippen molar-refractivity contribution in [1.29, 1.82) is 0 Å². The maximum atomic E-state index is 13.2. The summed E-state index contributed by atoms with van der Waals surface area (Å²) >= 11 is 1.98. The zero-order chi connectivity index (χ0) is 44.6. The molecule has 0 unspecified atom stereocenters. The average Bonchev–Trinajstić information content (AvgIpc) is 3.15. The summed E-state index contributed by atoms with van der Waals surface area (Å²) in [5, 5.41) is 5.33. The number of carbonyl (C=O) groups excluding carboxylic acids is 6. The third kappa shape index (κ3) is 13.7. The minimum atomic E-state index is -4.93. The Morgan fingerprint density at radius 3 is 1.41 bits per heavy atom. The number of ketones is 2. The van der Waals surface area contributed by atoms with Crippen LogP contribution in [0.5, 0.6) is 11.5 Å². The highest BCUT2D eigenvalue weighted by Gasteiger charge is 2.45. The molecule has 2 N–H and O–H groups in total. The van der Waals surface area contributed by atoms with E-state index in [1.165, 1.54) is 34.1 Å². The van der Waals surface area contributed by atoms with E-state index in [1.807, 2.05) is 22.6 Å². The number of ether oxygens (including phenoxy) is 2. The van der Waals surface area contributed by atoms with Crippen LogP contribution >= 0.6 is 22.6 Å². The highest BCUT2D eigenvalue weighted by molar-refractivity contribution is 14.1. The Balaban J connectivity index is 0.000000320. The molecule has 2 aliphatic rings. The van der Waals surface area contributed by atoms with Gasteiger partial charge in [-0.1, -0.05) is 25.6 Å². The zero-order valence-electron chi connectivity index (χ0n) is 33.4. The molecule has 2 fully saturated rings. The molecule has 0 saturated carbocycles. The van der Waals surface area contributed by atoms with E-state index in [-0.39, 0.29) is 92.3 Å². The first kappa shape index (κ1) is 48.7. The second kappa shape index (κ2) is 20.1. The summed E-state index contributed by atoms with van der Waals surface area (Å²) in [6.45, 7) is 8.34. The Kier molecular flexibility index (Phi) is 16.6. The van der Waals surface area contributed by atoms with E-state index < -0.39 is 44.1 Å². The van der Waals surface area contributed by atoms with Gasteiger partial charge in [-0.2, -0.15) is 26.3 Å². The Morgan fingerprint density at radius 1 is 0.678 bits per heavy atom. The summed E-state index contributed by atoms with van der Waals surface area (Å²) in [4.78, 5) is 73.1. The fourth-order valence-corrected chi connectivity index (χ4v) is 7.39. The van der Waals surface area contributed by atoms with Gasteiger partial charge in [-0.15, -0.1) is 5.54 Å². The number of Topliss-reactive ketones (excluding diaryl/α,β-unsaturated/α-hetero) is 2. The largest absolute Gasteiger partial charge is 0.496 e. The van der Waals surface area contributed by atoms with Crippen molar-refractivity contribution in [2.75, 3.05) is 51.0 Å². The van der Waals surface area contributed by atoms with Crippen LogP contribution < -0.4 is 20.1 Å². The van der Waals surface area contributed by atoms with Gasteiger partial charge < -0.3 is 29.9 Å². The first-order valence-corrected chi connectivity index (χ1v) is 22.8. The van der Waals surface area contributed by atoms with E-state index >= 15 is 0 Å². The van der Waals surface area contributed by atoms with Gasteiger partial charge in [0.1, 0.15) is 19.6 Å². The molecule has 322 valence electrons. The monoisotopic (exact) mass is 966 g/mol. The number of nitrogens with one attached hydrogen (secondary N) is 2. The summed E-state index contributed by atoms with van der Waals surface area (Å²) < 4.78 is 86.8. The predicted octanol–water partition coefficient (Wildman–Crippen LogP) is 7.11. The van der Waals surface area contributed by atoms with Crippen LogP contribution in [0.4, 0.5) is 37.7 Å². The van der Waals surface area contributed by atoms with Crippen molar-refractivity contribution in [1.82, 2.24) is 9.80 Å². The van der Waals surface area contributed by atoms with Crippen LogP contribution in [-0.2, 0) is 19.2 Å². The summed E-state index contributed by atoms with van der Waals surface area (Å²) in [5.41, 5.74) is 5.15. The Labute approximate surface area is 352 Å². The molecule has 2 aromatic carbocycles. The molecule has 0 aromatic heterocycles. The van der Waals surface area contributed by atoms with Crippen LogP contribution in [0, 0.1) is 26.9 Å². The molecule has 12 nitrogen and oxygen atoms in total. The maximum Gasteiger partial charge on any atom is 0.471 e. The van der Waals surface area contributed by atoms with E-state index in [0.717, 1.165) is 9.80 Å². The molecule has 4 amide bonds. The number of benzene rings is 2. The number of piperidine rings is 2. The highest BCUT2D eigenvalue weighted by Crippen LogP contribution is 2.35. The molecule has 2 aliphatic heterocycles. The Bertz CT molecular complexity index is 2010. The van der Waals surface area contributed by atoms with Crippen LogP contribution in [-0.4, -0.2) is 106 Å². The highest BCUT2D eigenvalue weighted by atomic mass is 127. The van der Waals surface area contributed by atoms with Crippen LogP contribution in [0.1, 0.15) is 65.8 Å². The maximum absolute atomic E-state index is 13.2. The van der Waals surface area contributed by atoms with Gasteiger partial charge in [0, 0.05) is 73.1 Å². The lowest BCUT2D eigenvalue weighted by molar-refractivity contribution is -0.186. The number of alkyl halides is 6. The number of carbonyl (C=O) groups is 6. The lowest BCUT2D eigenvalue weighted by atomic mass is 9.87. The molecule has 2 heterocycles. The summed E-state index contributed by atoms with van der Waals surface area (Å²) in [7, 11) is 1.03. The van der Waals surface area contributed by atoms with Gasteiger partial charge in [0.2, 0.25) is 11.8 Å². The second-order valence-corrected chi connectivity index (χ2v) is 20.8. The molecule has 0 aliphatic carbocycles. The average molecular weight is 967 g/mol. The molecule has 0 bridgehead atoms. The van der Waals surface area contributed by atoms with Crippen molar-refractivity contribution in [3.05, 3.63) is 44.5 Å². The van der Waals surface area contributed by atoms with Crippen molar-refractivity contribution in [3.8, 4) is 23.0 Å². The molecule has 0 spiro atoms. The van der Waals surface area contributed by atoms with Gasteiger partial charge in [0.15, 0.2) is 11.6 Å². The normalized spacial score (nSPS) is 15.2. The van der Waals surface area contributed by atoms with E-state index in [0.29, 0.717) is 26.1 Å². The minimum absolute atomic E-state index is 0.118. The molecule has 0 atom stereocenters. The molecular weight excluding hydrogens is 921 g/mol. The number of likely N-dealkylation sites (tertiary alicyclic amines) is 2. The molecule has 20 heteroatoms. The predicted molar refractivity (Wildman–Crippen MR) is 217 cm³/mol. The third-order valence-corrected chi connectivity index (χ3v) is 10.9. The van der Waals surface area contributed by atoms with Crippen molar-refractivity contribution < 1.29 is 64.6 Å². The Morgan fingerprint density at radius 2 is 1.05 bits per heavy atom. The number of rotatable bonds is 8. The quantitative estimate of drug-likeness (QED) is 0.0935. The molecule has 59 heavy (non-hydrogen) atoms. The van der Waals surface area contributed by atoms with Gasteiger partial charge in [0.05, 0.1) is 36.7 Å². The molecule has 0 radical (unpaired) electrons. The van der Waals surface area contributed by atoms with Gasteiger partial charge in [0.25, 0.3) is 0 Å². The zero-order valence-corrected chi connectivity index (χ0v) is 36.6. The van der Waals surface area contributed by atoms with E-state index in [9.17, 15) is 55.1 Å². The second-order valence-electron chi connectivity index (χ2n) is 14.8. The van der Waals surface area contributed by atoms with Gasteiger partial charge in [-0.25, -0.2) is 0 Å². The number of amides is 4. The number of anilines is 2. The van der Waals surface area contributed by atoms with Crippen LogP contribution in [0.2, 0.25) is 19.6 Å². The van der Waals surface area contributed by atoms with Crippen molar-refractivity contribution >= 4 is 77.2 Å². The number of nitrogens with zero attached hydrogens (tertiary/aromatic N) is 2. The van der Waals surface area contributed by atoms with Crippen LogP contribution in [0.3, 0.4) is 0 Å². The SMILES string of the molecule is COc1cc(NC(C)=O)c(C#C[Si](C)(C)C)cc1C(=O)C1CCN(C(=O)C(F)(F)F)CC1.COc1cc(NC(C)=O)c(I)cc1C(=O)C1CCN(C(=O)C(F)(F)F)CC1. The number of hydrogen-bond acceptors (Lipinski definition) is 8. The third-order valence-electron chi connectivity index (χ3n) is 9.14. The fourth-order valence-electron chi connectivity index (χ4n) is 6.28. The topological polar surface area (TPSA) is 151 Å². The Hall–Kier alpha value is -4.65. The van der Waals surface area contributed by atoms with Crippen LogP contribution in [0.15, 0.2) is 24.3 Å². The van der Waals surface area contributed by atoms with Crippen LogP contribution in [0.25, 0.3) is 0 Å². The van der Waals surface area contributed by atoms with Gasteiger partial charge in [-0.05, 0) is 60.4 Å². The smallest absolute Gasteiger partial charge is 0.471 e. The minimum Gasteiger partial charge on any atom is -0.496 e. The van der Waals surface area contributed by atoms with E-state index in [2.05, 4.69) is 41.7 Å². The van der Waals surface area contributed by atoms with E-state index in [1.54, 1.807) is 18.2 Å². The van der Waals surface area contributed by atoms with E-state index in [4.69, 9.17) is 9.47 Å². The van der Waals surface area contributed by atoms with Gasteiger partial charge in [-0.3, -0.25) is 28.8 Å². The summed E-state index contributed by atoms with van der Waals surface area (Å²) in [6, 6.07) is 6.22. The molecule has 2 aromatic rings. The molecular formula is C39H45F6IN4O8Si. The molecule has 4 rings (SSSR count). The molecule has 2 saturated heterocycles. The first-order chi connectivity index (χ1) is 27.3. The summed E-state index contributed by atoms with van der Waals surface area (Å²) in [6.07, 6.45) is -9.30. The number of hydrogen-bond donors (Lipinski definition) is 2. The van der Waals surface area contributed by atoms with Crippen molar-refractivity contribution in [2.45, 2.75) is 71.5 Å². The van der Waals surface area contributed by atoms with Crippen molar-refractivity contribution in [2.24, 2.45) is 11.8 Å². The lowest BCUT2D eigenvalue weighted by Gasteiger charge is -2.32. The standard InChI is InChI=1S/C22H27F3N2O4Si.C17H18F3IN2O4/c1-14(28)26-18-13-19(31-2)17(12-16(18)8-11-32(3,4)5)20(29)15-6-9-27(10-7-15)21(30)22(23,24)25;1-9(24)22-13-8-14(27-2)11(7-12(13)21)15(25)10-3-5-23(6-4-10)16(26)17(18,19)20/h12-13,15H,6-7,9-10H2,1-5H3,(H,26,28);7-8,10H,3-6H2,1-2H3,(H,22,24). The summed E-state index contributed by atoms with van der Waals surface area (Å²) in [5.74, 6) is -2.34. The number of methoxy groups -OCH3 is 2.